The third-order valence-corrected chi connectivity index (χ3v) is 3.62. The van der Waals surface area contributed by atoms with Crippen LogP contribution in [0, 0.1) is 11.3 Å². The first-order valence-electron chi connectivity index (χ1n) is 6.70. The highest BCUT2D eigenvalue weighted by atomic mass is 16.1. The number of rotatable bonds is 3. The monoisotopic (exact) mass is 256 g/mol. The van der Waals surface area contributed by atoms with Crippen LogP contribution in [0.4, 0.5) is 5.82 Å². The summed E-state index contributed by atoms with van der Waals surface area (Å²) in [7, 11) is 0. The smallest absolute Gasteiger partial charge is 0.222 e. The molecule has 1 aromatic heterocycles. The van der Waals surface area contributed by atoms with Gasteiger partial charge in [-0.15, -0.1) is 0 Å². The molecule has 19 heavy (non-hydrogen) atoms. The van der Waals surface area contributed by atoms with Gasteiger partial charge >= 0.3 is 0 Å². The van der Waals surface area contributed by atoms with Gasteiger partial charge in [-0.25, -0.2) is 4.98 Å². The Morgan fingerprint density at radius 3 is 2.89 bits per heavy atom. The van der Waals surface area contributed by atoms with Crippen molar-refractivity contribution in [2.75, 3.05) is 11.9 Å². The van der Waals surface area contributed by atoms with Crippen LogP contribution in [0.2, 0.25) is 0 Å². The van der Waals surface area contributed by atoms with E-state index in [1.54, 1.807) is 0 Å². The van der Waals surface area contributed by atoms with Crippen molar-refractivity contribution < 1.29 is 4.79 Å². The molecule has 0 aromatic carbocycles. The molecule has 1 saturated heterocycles. The summed E-state index contributed by atoms with van der Waals surface area (Å²) in [5.41, 5.74) is 1.61. The molecule has 2 heterocycles. The fourth-order valence-corrected chi connectivity index (χ4v) is 2.38. The molecule has 0 bridgehead atoms. The average molecular weight is 256 g/mol. The van der Waals surface area contributed by atoms with E-state index in [9.17, 15) is 4.79 Å². The minimum Gasteiger partial charge on any atom is -0.366 e. The zero-order valence-corrected chi connectivity index (χ0v) is 10.6. The Hall–Kier alpha value is -2.09. The molecular weight excluding hydrogens is 240 g/mol. The van der Waals surface area contributed by atoms with Gasteiger partial charge in [0.15, 0.2) is 0 Å². The van der Waals surface area contributed by atoms with Crippen molar-refractivity contribution in [2.45, 2.75) is 37.6 Å². The van der Waals surface area contributed by atoms with Gasteiger partial charge < -0.3 is 10.6 Å². The van der Waals surface area contributed by atoms with Crippen LogP contribution in [0.1, 0.15) is 42.9 Å². The summed E-state index contributed by atoms with van der Waals surface area (Å²) in [6.07, 6.45) is 3.68. The maximum atomic E-state index is 11.4. The Labute approximate surface area is 112 Å². The van der Waals surface area contributed by atoms with Crippen molar-refractivity contribution in [1.29, 1.82) is 5.26 Å². The minimum absolute atomic E-state index is 0.0561. The first-order valence-corrected chi connectivity index (χ1v) is 6.70. The van der Waals surface area contributed by atoms with Crippen LogP contribution in [0.15, 0.2) is 12.1 Å². The fraction of sp³-hybridized carbons (Fsp3) is 0.500. The summed E-state index contributed by atoms with van der Waals surface area (Å²) in [5, 5.41) is 15.2. The van der Waals surface area contributed by atoms with E-state index in [1.165, 1.54) is 12.8 Å². The largest absolute Gasteiger partial charge is 0.366 e. The van der Waals surface area contributed by atoms with Crippen LogP contribution in [0.25, 0.3) is 0 Å². The average Bonchev–Trinajstić information content (AvgIpc) is 3.23. The van der Waals surface area contributed by atoms with Crippen LogP contribution in [0.3, 0.4) is 0 Å². The molecule has 2 aliphatic rings. The van der Waals surface area contributed by atoms with Crippen LogP contribution in [-0.2, 0) is 4.79 Å². The molecule has 1 atom stereocenters. The second-order valence-electron chi connectivity index (χ2n) is 5.20. The predicted molar refractivity (Wildman–Crippen MR) is 70.6 cm³/mol. The number of amides is 1. The number of carbonyl (C=O) groups is 1. The number of aromatic nitrogens is 1. The first-order chi connectivity index (χ1) is 9.26. The molecule has 1 saturated carbocycles. The van der Waals surface area contributed by atoms with Crippen molar-refractivity contribution in [3.63, 3.8) is 0 Å². The highest BCUT2D eigenvalue weighted by Crippen LogP contribution is 2.39. The van der Waals surface area contributed by atoms with E-state index in [2.05, 4.69) is 21.7 Å². The van der Waals surface area contributed by atoms with E-state index < -0.39 is 0 Å². The summed E-state index contributed by atoms with van der Waals surface area (Å²) in [5.74, 6) is 1.25. The van der Waals surface area contributed by atoms with E-state index in [0.717, 1.165) is 12.1 Å². The third-order valence-electron chi connectivity index (χ3n) is 3.62. The maximum Gasteiger partial charge on any atom is 0.222 e. The zero-order chi connectivity index (χ0) is 13.2. The Morgan fingerprint density at radius 1 is 1.37 bits per heavy atom. The van der Waals surface area contributed by atoms with Gasteiger partial charge in [-0.05, 0) is 31.4 Å². The lowest BCUT2D eigenvalue weighted by Gasteiger charge is -2.24. The molecule has 0 radical (unpaired) electrons. The van der Waals surface area contributed by atoms with Crippen LogP contribution in [-0.4, -0.2) is 23.5 Å². The van der Waals surface area contributed by atoms with Crippen molar-refractivity contribution in [3.05, 3.63) is 23.4 Å². The molecule has 2 N–H and O–H groups in total. The quantitative estimate of drug-likeness (QED) is 0.859. The fourth-order valence-electron chi connectivity index (χ4n) is 2.38. The van der Waals surface area contributed by atoms with E-state index in [1.807, 2.05) is 12.1 Å². The standard InChI is InChI=1S/C14H16N4O/c15-8-10-3-4-12(9-1-2-9)18-14(10)17-11-5-6-16-13(19)7-11/h3-4,9,11H,1-2,5-7H2,(H,16,19)(H,17,18). The highest BCUT2D eigenvalue weighted by Gasteiger charge is 2.26. The molecule has 98 valence electrons. The van der Waals surface area contributed by atoms with Crippen molar-refractivity contribution in [2.24, 2.45) is 0 Å². The lowest BCUT2D eigenvalue weighted by Crippen LogP contribution is -2.40. The molecule has 1 unspecified atom stereocenters. The predicted octanol–water partition coefficient (Wildman–Crippen LogP) is 1.52. The van der Waals surface area contributed by atoms with Crippen LogP contribution < -0.4 is 10.6 Å². The molecule has 5 nitrogen and oxygen atoms in total. The number of nitriles is 1. The van der Waals surface area contributed by atoms with Crippen molar-refractivity contribution in [1.82, 2.24) is 10.3 Å². The van der Waals surface area contributed by atoms with Crippen molar-refractivity contribution in [3.8, 4) is 6.07 Å². The number of anilines is 1. The molecule has 1 aliphatic carbocycles. The number of hydrogen-bond donors (Lipinski definition) is 2. The van der Waals surface area contributed by atoms with Crippen LogP contribution >= 0.6 is 0 Å². The van der Waals surface area contributed by atoms with Gasteiger partial charge in [-0.1, -0.05) is 0 Å². The van der Waals surface area contributed by atoms with Crippen LogP contribution in [0.5, 0.6) is 0 Å². The Balaban J connectivity index is 1.79. The molecule has 1 amide bonds. The van der Waals surface area contributed by atoms with Gasteiger partial charge in [0.05, 0.1) is 5.56 Å². The van der Waals surface area contributed by atoms with Gasteiger partial charge in [-0.2, -0.15) is 5.26 Å². The molecule has 0 spiro atoms. The number of nitrogens with one attached hydrogen (secondary N) is 2. The highest BCUT2D eigenvalue weighted by molar-refractivity contribution is 5.78. The Kier molecular flexibility index (Phi) is 3.08. The SMILES string of the molecule is N#Cc1ccc(C2CC2)nc1NC1CCNC(=O)C1. The van der Waals surface area contributed by atoms with E-state index >= 15 is 0 Å². The van der Waals surface area contributed by atoms with Gasteiger partial charge in [0.25, 0.3) is 0 Å². The molecular formula is C14H16N4O. The Morgan fingerprint density at radius 2 is 2.21 bits per heavy atom. The molecule has 1 aliphatic heterocycles. The summed E-state index contributed by atoms with van der Waals surface area (Å²) in [6, 6.07) is 5.99. The molecule has 1 aromatic rings. The maximum absolute atomic E-state index is 11.4. The summed E-state index contributed by atoms with van der Waals surface area (Å²) < 4.78 is 0. The first kappa shape index (κ1) is 12.0. The molecule has 5 heteroatoms. The van der Waals surface area contributed by atoms with E-state index in [4.69, 9.17) is 5.26 Å². The van der Waals surface area contributed by atoms with Gasteiger partial charge in [0, 0.05) is 30.6 Å². The Bertz CT molecular complexity index is 545. The van der Waals surface area contributed by atoms with E-state index in [-0.39, 0.29) is 11.9 Å². The van der Waals surface area contributed by atoms with Crippen molar-refractivity contribution >= 4 is 11.7 Å². The second-order valence-corrected chi connectivity index (χ2v) is 5.20. The second kappa shape index (κ2) is 4.88. The zero-order valence-electron chi connectivity index (χ0n) is 10.6. The lowest BCUT2D eigenvalue weighted by atomic mass is 10.1. The minimum atomic E-state index is 0.0561. The topological polar surface area (TPSA) is 77.8 Å². The number of carbonyl (C=O) groups excluding carboxylic acids is 1. The van der Waals surface area contributed by atoms with E-state index in [0.29, 0.717) is 30.3 Å². The number of hydrogen-bond acceptors (Lipinski definition) is 4. The van der Waals surface area contributed by atoms with Gasteiger partial charge in [0.2, 0.25) is 5.91 Å². The normalized spacial score (nSPS) is 22.5. The van der Waals surface area contributed by atoms with Gasteiger partial charge in [0.1, 0.15) is 11.9 Å². The molecule has 2 fully saturated rings. The molecule has 3 rings (SSSR count). The number of nitrogens with zero attached hydrogens (tertiary/aromatic N) is 2. The summed E-state index contributed by atoms with van der Waals surface area (Å²) in [6.45, 7) is 0.681. The lowest BCUT2D eigenvalue weighted by molar-refractivity contribution is -0.122. The number of pyridine rings is 1. The third kappa shape index (κ3) is 2.68. The number of piperidine rings is 1. The van der Waals surface area contributed by atoms with Gasteiger partial charge in [-0.3, -0.25) is 4.79 Å². The summed E-state index contributed by atoms with van der Waals surface area (Å²) in [4.78, 5) is 15.9. The summed E-state index contributed by atoms with van der Waals surface area (Å²) >= 11 is 0.